The van der Waals surface area contributed by atoms with E-state index in [1.54, 1.807) is 19.1 Å². The molecule has 0 atom stereocenters. The van der Waals surface area contributed by atoms with Crippen LogP contribution in [0.25, 0.3) is 0 Å². The molecule has 0 bridgehead atoms. The Bertz CT molecular complexity index is 718. The normalized spacial score (nSPS) is 30.5. The first-order chi connectivity index (χ1) is 15.1. The second-order valence-electron chi connectivity index (χ2n) is 10.6. The van der Waals surface area contributed by atoms with E-state index in [4.69, 9.17) is 4.74 Å². The van der Waals surface area contributed by atoms with Gasteiger partial charge in [0.05, 0.1) is 6.61 Å². The molecule has 3 aliphatic carbocycles. The molecule has 0 aromatic heterocycles. The van der Waals surface area contributed by atoms with E-state index in [1.165, 1.54) is 83.5 Å². The Labute approximate surface area is 188 Å². The monoisotopic (exact) mass is 426 g/mol. The van der Waals surface area contributed by atoms with Crippen LogP contribution in [-0.2, 0) is 0 Å². The molecule has 3 aliphatic rings. The van der Waals surface area contributed by atoms with Crippen LogP contribution in [0.4, 0.5) is 0 Å². The SMILES string of the molecule is Cc1c(O)ccc(OCC2CCC(/C=C/C3CCC(C4CCCCC4)CC3)CC2)c1O. The lowest BCUT2D eigenvalue weighted by Crippen LogP contribution is -2.23. The highest BCUT2D eigenvalue weighted by molar-refractivity contribution is 5.51. The Morgan fingerprint density at radius 1 is 0.774 bits per heavy atom. The summed E-state index contributed by atoms with van der Waals surface area (Å²) >= 11 is 0. The van der Waals surface area contributed by atoms with E-state index in [9.17, 15) is 10.2 Å². The molecule has 3 saturated carbocycles. The average molecular weight is 427 g/mol. The van der Waals surface area contributed by atoms with Crippen molar-refractivity contribution < 1.29 is 14.9 Å². The molecular weight excluding hydrogens is 384 g/mol. The molecule has 2 N–H and O–H groups in total. The van der Waals surface area contributed by atoms with Gasteiger partial charge in [0, 0.05) is 5.56 Å². The highest BCUT2D eigenvalue weighted by atomic mass is 16.5. The molecule has 0 amide bonds. The van der Waals surface area contributed by atoms with E-state index in [0.29, 0.717) is 23.8 Å². The topological polar surface area (TPSA) is 49.7 Å². The van der Waals surface area contributed by atoms with Crippen molar-refractivity contribution in [3.05, 3.63) is 29.8 Å². The minimum Gasteiger partial charge on any atom is -0.508 e. The van der Waals surface area contributed by atoms with E-state index in [2.05, 4.69) is 12.2 Å². The van der Waals surface area contributed by atoms with Crippen molar-refractivity contribution in [2.75, 3.05) is 6.61 Å². The van der Waals surface area contributed by atoms with Crippen LogP contribution >= 0.6 is 0 Å². The Hall–Kier alpha value is -1.64. The number of phenolic OH excluding ortho intramolecular Hbond substituents is 2. The summed E-state index contributed by atoms with van der Waals surface area (Å²) in [6, 6.07) is 3.25. The summed E-state index contributed by atoms with van der Waals surface area (Å²) in [5.74, 6) is 4.85. The fourth-order valence-electron chi connectivity index (χ4n) is 6.26. The van der Waals surface area contributed by atoms with Crippen LogP contribution in [0.15, 0.2) is 24.3 Å². The van der Waals surface area contributed by atoms with E-state index >= 15 is 0 Å². The second-order valence-corrected chi connectivity index (χ2v) is 10.6. The zero-order chi connectivity index (χ0) is 21.6. The zero-order valence-corrected chi connectivity index (χ0v) is 19.4. The highest BCUT2D eigenvalue weighted by Gasteiger charge is 2.28. The van der Waals surface area contributed by atoms with Crippen LogP contribution in [0.5, 0.6) is 17.2 Å². The van der Waals surface area contributed by atoms with Gasteiger partial charge in [-0.15, -0.1) is 0 Å². The number of rotatable bonds is 6. The molecule has 0 saturated heterocycles. The average Bonchev–Trinajstić information content (AvgIpc) is 2.82. The minimum atomic E-state index is 0.0647. The van der Waals surface area contributed by atoms with Gasteiger partial charge in [0.2, 0.25) is 0 Å². The van der Waals surface area contributed by atoms with Gasteiger partial charge in [-0.2, -0.15) is 0 Å². The standard InChI is InChI=1S/C28H42O3/c1-20-26(29)17-18-27(28(20)30)31-19-23-11-9-21(10-12-23)7-8-22-13-15-25(16-14-22)24-5-3-2-4-6-24/h7-8,17-18,21-25,29-30H,2-6,9-16,19H2,1H3/b8-7+. The number of hydrogen-bond donors (Lipinski definition) is 2. The Morgan fingerprint density at radius 3 is 2.00 bits per heavy atom. The van der Waals surface area contributed by atoms with E-state index in [0.717, 1.165) is 23.7 Å². The third-order valence-corrected chi connectivity index (χ3v) is 8.52. The molecule has 3 fully saturated rings. The number of hydrogen-bond acceptors (Lipinski definition) is 3. The predicted molar refractivity (Wildman–Crippen MR) is 127 cm³/mol. The van der Waals surface area contributed by atoms with Crippen molar-refractivity contribution in [3.63, 3.8) is 0 Å². The first kappa shape index (κ1) is 22.6. The van der Waals surface area contributed by atoms with Gasteiger partial charge in [-0.1, -0.05) is 44.3 Å². The van der Waals surface area contributed by atoms with Crippen molar-refractivity contribution in [1.29, 1.82) is 0 Å². The quantitative estimate of drug-likeness (QED) is 0.462. The molecular formula is C28H42O3. The van der Waals surface area contributed by atoms with E-state index < -0.39 is 0 Å². The molecule has 1 aromatic rings. The molecule has 0 spiro atoms. The molecule has 31 heavy (non-hydrogen) atoms. The van der Waals surface area contributed by atoms with Crippen LogP contribution in [0.1, 0.15) is 89.0 Å². The van der Waals surface area contributed by atoms with Crippen LogP contribution in [0, 0.1) is 36.5 Å². The maximum Gasteiger partial charge on any atom is 0.164 e. The van der Waals surface area contributed by atoms with Crippen LogP contribution in [0.2, 0.25) is 0 Å². The predicted octanol–water partition coefficient (Wildman–Crippen LogP) is 7.53. The summed E-state index contributed by atoms with van der Waals surface area (Å²) in [6.07, 6.45) is 23.2. The smallest absolute Gasteiger partial charge is 0.164 e. The van der Waals surface area contributed by atoms with Gasteiger partial charge in [-0.05, 0) is 100 Å². The summed E-state index contributed by atoms with van der Waals surface area (Å²) in [5.41, 5.74) is 0.485. The first-order valence-electron chi connectivity index (χ1n) is 12.9. The highest BCUT2D eigenvalue weighted by Crippen LogP contribution is 2.41. The van der Waals surface area contributed by atoms with Gasteiger partial charge in [-0.3, -0.25) is 0 Å². The molecule has 0 unspecified atom stereocenters. The molecule has 0 heterocycles. The lowest BCUT2D eigenvalue weighted by molar-refractivity contribution is 0.179. The third kappa shape index (κ3) is 5.99. The second kappa shape index (κ2) is 10.8. The number of allylic oxidation sites excluding steroid dienone is 2. The van der Waals surface area contributed by atoms with Crippen LogP contribution < -0.4 is 4.74 Å². The molecule has 0 radical (unpaired) electrons. The van der Waals surface area contributed by atoms with Crippen molar-refractivity contribution in [2.45, 2.75) is 90.4 Å². The summed E-state index contributed by atoms with van der Waals surface area (Å²) in [6.45, 7) is 2.36. The first-order valence-corrected chi connectivity index (χ1v) is 12.9. The van der Waals surface area contributed by atoms with Gasteiger partial charge < -0.3 is 14.9 Å². The Balaban J connectivity index is 1.15. The lowest BCUT2D eigenvalue weighted by atomic mass is 9.71. The minimum absolute atomic E-state index is 0.0647. The number of phenols is 2. The largest absolute Gasteiger partial charge is 0.508 e. The molecule has 172 valence electrons. The van der Waals surface area contributed by atoms with E-state index in [-0.39, 0.29) is 11.5 Å². The Morgan fingerprint density at radius 2 is 1.35 bits per heavy atom. The molecule has 4 rings (SSSR count). The molecule has 0 aliphatic heterocycles. The zero-order valence-electron chi connectivity index (χ0n) is 19.4. The maximum atomic E-state index is 10.1. The fraction of sp³-hybridized carbons (Fsp3) is 0.714. The number of aromatic hydroxyl groups is 2. The van der Waals surface area contributed by atoms with Gasteiger partial charge in [-0.25, -0.2) is 0 Å². The van der Waals surface area contributed by atoms with Crippen molar-refractivity contribution in [1.82, 2.24) is 0 Å². The number of ether oxygens (including phenoxy) is 1. The fourth-order valence-corrected chi connectivity index (χ4v) is 6.26. The van der Waals surface area contributed by atoms with Gasteiger partial charge >= 0.3 is 0 Å². The van der Waals surface area contributed by atoms with Crippen LogP contribution in [0.3, 0.4) is 0 Å². The van der Waals surface area contributed by atoms with Crippen molar-refractivity contribution in [2.24, 2.45) is 29.6 Å². The molecule has 1 aromatic carbocycles. The van der Waals surface area contributed by atoms with Gasteiger partial charge in [0.15, 0.2) is 11.5 Å². The van der Waals surface area contributed by atoms with Gasteiger partial charge in [0.25, 0.3) is 0 Å². The summed E-state index contributed by atoms with van der Waals surface area (Å²) in [4.78, 5) is 0. The van der Waals surface area contributed by atoms with Crippen LogP contribution in [-0.4, -0.2) is 16.8 Å². The van der Waals surface area contributed by atoms with Crippen molar-refractivity contribution in [3.8, 4) is 17.2 Å². The molecule has 3 heteroatoms. The van der Waals surface area contributed by atoms with E-state index in [1.807, 2.05) is 0 Å². The van der Waals surface area contributed by atoms with Crippen molar-refractivity contribution >= 4 is 0 Å². The maximum absolute atomic E-state index is 10.1. The number of benzene rings is 1. The Kier molecular flexibility index (Phi) is 7.85. The summed E-state index contributed by atoms with van der Waals surface area (Å²) < 4.78 is 5.88. The summed E-state index contributed by atoms with van der Waals surface area (Å²) in [7, 11) is 0. The lowest BCUT2D eigenvalue weighted by Gasteiger charge is -2.35. The third-order valence-electron chi connectivity index (χ3n) is 8.52. The summed E-state index contributed by atoms with van der Waals surface area (Å²) in [5, 5.41) is 19.8. The van der Waals surface area contributed by atoms with Gasteiger partial charge in [0.1, 0.15) is 5.75 Å². The molecule has 3 nitrogen and oxygen atoms in total.